The van der Waals surface area contributed by atoms with Gasteiger partial charge in [0.25, 0.3) is 10.0 Å². The minimum Gasteiger partial charge on any atom is -0.332 e. The standard InChI is InChI=1S/C15H19N3O2S/c1-3-14-16-10-15(17-14)21(19,20)18-11(2)8-9-12-6-4-5-7-13(12)18/h4-7,10-11H,3,8-9H2,1-2H3,(H,16,17). The predicted molar refractivity (Wildman–Crippen MR) is 81.9 cm³/mol. The van der Waals surface area contributed by atoms with Crippen molar-refractivity contribution in [3.63, 3.8) is 0 Å². The summed E-state index contributed by atoms with van der Waals surface area (Å²) in [6.07, 6.45) is 3.83. The number of para-hydroxylation sites is 1. The molecule has 1 N–H and O–H groups in total. The van der Waals surface area contributed by atoms with Gasteiger partial charge in [0.15, 0.2) is 5.03 Å². The lowest BCUT2D eigenvalue weighted by Gasteiger charge is -2.35. The predicted octanol–water partition coefficient (Wildman–Crippen LogP) is 2.50. The Morgan fingerprint density at radius 2 is 2.14 bits per heavy atom. The van der Waals surface area contributed by atoms with Crippen molar-refractivity contribution < 1.29 is 8.42 Å². The highest BCUT2D eigenvalue weighted by molar-refractivity contribution is 7.92. The van der Waals surface area contributed by atoms with Crippen LogP contribution in [0.5, 0.6) is 0 Å². The summed E-state index contributed by atoms with van der Waals surface area (Å²) in [5.74, 6) is 0.687. The molecule has 112 valence electrons. The number of fused-ring (bicyclic) bond motifs is 1. The van der Waals surface area contributed by atoms with E-state index in [0.717, 1.165) is 24.1 Å². The van der Waals surface area contributed by atoms with Gasteiger partial charge in [0.05, 0.1) is 11.9 Å². The lowest BCUT2D eigenvalue weighted by atomic mass is 9.99. The molecule has 6 heteroatoms. The second-order valence-electron chi connectivity index (χ2n) is 5.36. The number of benzene rings is 1. The highest BCUT2D eigenvalue weighted by Crippen LogP contribution is 2.34. The van der Waals surface area contributed by atoms with Gasteiger partial charge in [-0.1, -0.05) is 25.1 Å². The molecule has 2 heterocycles. The van der Waals surface area contributed by atoms with Gasteiger partial charge in [0.1, 0.15) is 5.82 Å². The van der Waals surface area contributed by atoms with Crippen molar-refractivity contribution in [1.82, 2.24) is 9.97 Å². The average Bonchev–Trinajstić information content (AvgIpc) is 2.96. The Morgan fingerprint density at radius 1 is 1.38 bits per heavy atom. The summed E-state index contributed by atoms with van der Waals surface area (Å²) in [5.41, 5.74) is 1.86. The van der Waals surface area contributed by atoms with Crippen LogP contribution >= 0.6 is 0 Å². The zero-order valence-corrected chi connectivity index (χ0v) is 13.0. The van der Waals surface area contributed by atoms with E-state index >= 15 is 0 Å². The van der Waals surface area contributed by atoms with E-state index in [1.165, 1.54) is 10.5 Å². The lowest BCUT2D eigenvalue weighted by molar-refractivity contribution is 0.560. The van der Waals surface area contributed by atoms with Crippen LogP contribution in [0.2, 0.25) is 0 Å². The van der Waals surface area contributed by atoms with Gasteiger partial charge in [-0.25, -0.2) is 4.98 Å². The number of hydrogen-bond acceptors (Lipinski definition) is 3. The molecular weight excluding hydrogens is 286 g/mol. The number of aryl methyl sites for hydroxylation is 2. The number of H-pyrrole nitrogens is 1. The normalized spacial score (nSPS) is 18.6. The maximum Gasteiger partial charge on any atom is 0.281 e. The second-order valence-corrected chi connectivity index (χ2v) is 7.15. The molecule has 2 aromatic rings. The first-order valence-corrected chi connectivity index (χ1v) is 8.64. The summed E-state index contributed by atoms with van der Waals surface area (Å²) >= 11 is 0. The summed E-state index contributed by atoms with van der Waals surface area (Å²) in [7, 11) is -3.60. The molecule has 1 unspecified atom stereocenters. The molecule has 5 nitrogen and oxygen atoms in total. The lowest BCUT2D eigenvalue weighted by Crippen LogP contribution is -2.42. The highest BCUT2D eigenvalue weighted by atomic mass is 32.2. The van der Waals surface area contributed by atoms with Gasteiger partial charge >= 0.3 is 0 Å². The Bertz CT molecular complexity index is 752. The van der Waals surface area contributed by atoms with Crippen LogP contribution in [0.15, 0.2) is 35.5 Å². The third-order valence-corrected chi connectivity index (χ3v) is 5.78. The third-order valence-electron chi connectivity index (χ3n) is 3.94. The Hall–Kier alpha value is -1.82. The Kier molecular flexibility index (Phi) is 3.49. The SMILES string of the molecule is CCc1ncc(S(=O)(=O)N2c3ccccc3CCC2C)[nH]1. The molecule has 0 aliphatic carbocycles. The fraction of sp³-hybridized carbons (Fsp3) is 0.400. The number of sulfonamides is 1. The fourth-order valence-corrected chi connectivity index (χ4v) is 4.44. The fourth-order valence-electron chi connectivity index (χ4n) is 2.78. The van der Waals surface area contributed by atoms with Crippen molar-refractivity contribution in [2.75, 3.05) is 4.31 Å². The van der Waals surface area contributed by atoms with Crippen molar-refractivity contribution in [2.24, 2.45) is 0 Å². The van der Waals surface area contributed by atoms with Crippen LogP contribution < -0.4 is 4.31 Å². The zero-order chi connectivity index (χ0) is 15.0. The smallest absolute Gasteiger partial charge is 0.281 e. The summed E-state index contributed by atoms with van der Waals surface area (Å²) in [5, 5.41) is 0.169. The molecule has 1 aliphatic heterocycles. The quantitative estimate of drug-likeness (QED) is 0.947. The maximum absolute atomic E-state index is 12.9. The topological polar surface area (TPSA) is 66.1 Å². The molecule has 0 saturated carbocycles. The molecule has 0 spiro atoms. The zero-order valence-electron chi connectivity index (χ0n) is 12.2. The van der Waals surface area contributed by atoms with Gasteiger partial charge in [0.2, 0.25) is 0 Å². The molecule has 1 aromatic heterocycles. The van der Waals surface area contributed by atoms with E-state index in [9.17, 15) is 8.42 Å². The van der Waals surface area contributed by atoms with Crippen molar-refractivity contribution in [3.05, 3.63) is 41.9 Å². The summed E-state index contributed by atoms with van der Waals surface area (Å²) in [4.78, 5) is 7.03. The van der Waals surface area contributed by atoms with Gasteiger partial charge in [-0.3, -0.25) is 4.31 Å². The molecule has 1 aromatic carbocycles. The third kappa shape index (κ3) is 2.33. The molecule has 1 aliphatic rings. The maximum atomic E-state index is 12.9. The van der Waals surface area contributed by atoms with E-state index in [-0.39, 0.29) is 11.1 Å². The second kappa shape index (κ2) is 5.18. The van der Waals surface area contributed by atoms with E-state index in [4.69, 9.17) is 0 Å². The monoisotopic (exact) mass is 305 g/mol. The Balaban J connectivity index is 2.09. The first kappa shape index (κ1) is 14.1. The van der Waals surface area contributed by atoms with Crippen LogP contribution in [0, 0.1) is 0 Å². The van der Waals surface area contributed by atoms with Gasteiger partial charge in [-0.2, -0.15) is 8.42 Å². The molecule has 3 rings (SSSR count). The summed E-state index contributed by atoms with van der Waals surface area (Å²) in [6, 6.07) is 7.64. The molecule has 0 radical (unpaired) electrons. The van der Waals surface area contributed by atoms with Crippen LogP contribution in [0.1, 0.15) is 31.7 Å². The number of aromatic nitrogens is 2. The van der Waals surface area contributed by atoms with E-state index in [0.29, 0.717) is 12.2 Å². The minimum atomic E-state index is -3.60. The van der Waals surface area contributed by atoms with Crippen LogP contribution in [0.3, 0.4) is 0 Å². The number of anilines is 1. The first-order valence-electron chi connectivity index (χ1n) is 7.20. The Labute approximate surface area is 125 Å². The van der Waals surface area contributed by atoms with Crippen LogP contribution in [-0.2, 0) is 22.9 Å². The van der Waals surface area contributed by atoms with Crippen molar-refractivity contribution in [3.8, 4) is 0 Å². The van der Waals surface area contributed by atoms with Gasteiger partial charge in [-0.05, 0) is 31.4 Å². The highest BCUT2D eigenvalue weighted by Gasteiger charge is 2.34. The first-order chi connectivity index (χ1) is 10.0. The van der Waals surface area contributed by atoms with Crippen molar-refractivity contribution >= 4 is 15.7 Å². The number of rotatable bonds is 3. The molecule has 0 saturated heterocycles. The minimum absolute atomic E-state index is 0.0572. The number of aromatic amines is 1. The molecule has 0 amide bonds. The number of hydrogen-bond donors (Lipinski definition) is 1. The summed E-state index contributed by atoms with van der Waals surface area (Å²) < 4.78 is 27.4. The van der Waals surface area contributed by atoms with Gasteiger partial charge < -0.3 is 4.98 Å². The molecule has 0 fully saturated rings. The molecular formula is C15H19N3O2S. The van der Waals surface area contributed by atoms with E-state index in [1.54, 1.807) is 0 Å². The van der Waals surface area contributed by atoms with Gasteiger partial charge in [0, 0.05) is 12.5 Å². The van der Waals surface area contributed by atoms with Crippen LogP contribution in [0.25, 0.3) is 0 Å². The van der Waals surface area contributed by atoms with E-state index in [2.05, 4.69) is 9.97 Å². The van der Waals surface area contributed by atoms with E-state index < -0.39 is 10.0 Å². The van der Waals surface area contributed by atoms with Crippen molar-refractivity contribution in [1.29, 1.82) is 0 Å². The summed E-state index contributed by atoms with van der Waals surface area (Å²) in [6.45, 7) is 3.89. The van der Waals surface area contributed by atoms with Crippen LogP contribution in [0.4, 0.5) is 5.69 Å². The molecule has 1 atom stereocenters. The van der Waals surface area contributed by atoms with E-state index in [1.807, 2.05) is 38.1 Å². The van der Waals surface area contributed by atoms with Crippen molar-refractivity contribution in [2.45, 2.75) is 44.2 Å². The largest absolute Gasteiger partial charge is 0.332 e. The number of imidazole rings is 1. The Morgan fingerprint density at radius 3 is 2.86 bits per heavy atom. The van der Waals surface area contributed by atoms with Crippen LogP contribution in [-0.4, -0.2) is 24.4 Å². The molecule has 21 heavy (non-hydrogen) atoms. The molecule has 0 bridgehead atoms. The number of nitrogens with zero attached hydrogens (tertiary/aromatic N) is 2. The van der Waals surface area contributed by atoms with Gasteiger partial charge in [-0.15, -0.1) is 0 Å². The average molecular weight is 305 g/mol. The number of nitrogens with one attached hydrogen (secondary N) is 1.